The molecule has 2 saturated heterocycles. The first-order valence-corrected chi connectivity index (χ1v) is 8.65. The van der Waals surface area contributed by atoms with Crippen molar-refractivity contribution in [1.82, 2.24) is 0 Å². The molecule has 0 aliphatic carbocycles. The Bertz CT molecular complexity index is 375. The molecule has 0 saturated carbocycles. The fourth-order valence-electron chi connectivity index (χ4n) is 3.10. The lowest BCUT2D eigenvalue weighted by Gasteiger charge is -2.23. The third kappa shape index (κ3) is 5.05. The van der Waals surface area contributed by atoms with Gasteiger partial charge in [0.2, 0.25) is 0 Å². The van der Waals surface area contributed by atoms with E-state index in [4.69, 9.17) is 18.9 Å². The van der Waals surface area contributed by atoms with Crippen LogP contribution in [0.3, 0.4) is 0 Å². The van der Waals surface area contributed by atoms with E-state index in [9.17, 15) is 0 Å². The van der Waals surface area contributed by atoms with Crippen molar-refractivity contribution >= 4 is 0 Å². The highest BCUT2D eigenvalue weighted by atomic mass is 16.8. The molecule has 0 aromatic heterocycles. The van der Waals surface area contributed by atoms with Gasteiger partial charge in [0.25, 0.3) is 0 Å². The van der Waals surface area contributed by atoms with Crippen molar-refractivity contribution in [3.63, 3.8) is 0 Å². The topological polar surface area (TPSA) is 36.9 Å². The lowest BCUT2D eigenvalue weighted by molar-refractivity contribution is -0.174. The molecule has 0 aromatic carbocycles. The van der Waals surface area contributed by atoms with Gasteiger partial charge in [-0.2, -0.15) is 0 Å². The van der Waals surface area contributed by atoms with Gasteiger partial charge in [-0.15, -0.1) is 0 Å². The number of allylic oxidation sites excluding steroid dienone is 1. The second-order valence-electron chi connectivity index (χ2n) is 7.21. The van der Waals surface area contributed by atoms with Crippen LogP contribution in [0.15, 0.2) is 12.2 Å². The van der Waals surface area contributed by atoms with Crippen molar-refractivity contribution in [2.24, 2.45) is 0 Å². The number of rotatable bonds is 7. The predicted octanol–water partition coefficient (Wildman–Crippen LogP) is 4.18. The molecule has 0 spiro atoms. The second-order valence-corrected chi connectivity index (χ2v) is 7.21. The van der Waals surface area contributed by atoms with Crippen LogP contribution in [0.5, 0.6) is 0 Å². The van der Waals surface area contributed by atoms with Crippen LogP contribution < -0.4 is 0 Å². The average molecular weight is 312 g/mol. The molecule has 0 bridgehead atoms. The zero-order valence-electron chi connectivity index (χ0n) is 14.8. The zero-order chi connectivity index (χ0) is 16.2. The molecule has 0 unspecified atom stereocenters. The van der Waals surface area contributed by atoms with Gasteiger partial charge in [0.15, 0.2) is 11.6 Å². The molecule has 3 atom stereocenters. The number of ether oxygens (including phenoxy) is 4. The van der Waals surface area contributed by atoms with E-state index in [1.54, 1.807) is 0 Å². The van der Waals surface area contributed by atoms with Crippen LogP contribution in [0, 0.1) is 0 Å². The minimum Gasteiger partial charge on any atom is -0.348 e. The summed E-state index contributed by atoms with van der Waals surface area (Å²) in [6, 6.07) is 0. The Balaban J connectivity index is 1.87. The zero-order valence-corrected chi connectivity index (χ0v) is 14.8. The molecule has 0 N–H and O–H groups in total. The Labute approximate surface area is 135 Å². The molecule has 22 heavy (non-hydrogen) atoms. The fourth-order valence-corrected chi connectivity index (χ4v) is 3.10. The Morgan fingerprint density at radius 3 is 2.36 bits per heavy atom. The van der Waals surface area contributed by atoms with Crippen molar-refractivity contribution in [2.45, 2.75) is 96.6 Å². The summed E-state index contributed by atoms with van der Waals surface area (Å²) in [5.41, 5.74) is 0. The SMILES string of the molecule is CCCCC/C=C\C[C@@H]1OC(C)(C)O[C@@H]1[C@H]1COC(C)(C)O1. The van der Waals surface area contributed by atoms with Crippen molar-refractivity contribution in [3.05, 3.63) is 12.2 Å². The molecule has 0 radical (unpaired) electrons. The van der Waals surface area contributed by atoms with Gasteiger partial charge in [0.1, 0.15) is 12.2 Å². The Morgan fingerprint density at radius 1 is 0.955 bits per heavy atom. The summed E-state index contributed by atoms with van der Waals surface area (Å²) in [5, 5.41) is 0. The number of unbranched alkanes of at least 4 members (excludes halogenated alkanes) is 3. The third-order valence-corrected chi connectivity index (χ3v) is 4.13. The molecule has 4 nitrogen and oxygen atoms in total. The number of hydrogen-bond donors (Lipinski definition) is 0. The molecule has 2 aliphatic heterocycles. The van der Waals surface area contributed by atoms with Gasteiger partial charge in [-0.25, -0.2) is 0 Å². The van der Waals surface area contributed by atoms with Gasteiger partial charge in [0.05, 0.1) is 12.7 Å². The second kappa shape index (κ2) is 7.43. The summed E-state index contributed by atoms with van der Waals surface area (Å²) in [4.78, 5) is 0. The molecule has 2 aliphatic rings. The summed E-state index contributed by atoms with van der Waals surface area (Å²) >= 11 is 0. The minimum atomic E-state index is -0.554. The van der Waals surface area contributed by atoms with E-state index < -0.39 is 11.6 Å². The van der Waals surface area contributed by atoms with Crippen molar-refractivity contribution in [1.29, 1.82) is 0 Å². The summed E-state index contributed by atoms with van der Waals surface area (Å²) < 4.78 is 23.8. The first-order chi connectivity index (χ1) is 10.3. The van der Waals surface area contributed by atoms with E-state index >= 15 is 0 Å². The highest BCUT2D eigenvalue weighted by Crippen LogP contribution is 2.36. The molecular formula is C18H32O4. The lowest BCUT2D eigenvalue weighted by Crippen LogP contribution is -2.38. The van der Waals surface area contributed by atoms with Crippen LogP contribution in [0.1, 0.15) is 66.7 Å². The van der Waals surface area contributed by atoms with Crippen LogP contribution in [-0.2, 0) is 18.9 Å². The molecule has 2 heterocycles. The summed E-state index contributed by atoms with van der Waals surface area (Å²) in [6.45, 7) is 10.6. The van der Waals surface area contributed by atoms with Crippen LogP contribution in [-0.4, -0.2) is 36.5 Å². The van der Waals surface area contributed by atoms with Crippen molar-refractivity contribution < 1.29 is 18.9 Å². The van der Waals surface area contributed by atoms with Crippen LogP contribution in [0.25, 0.3) is 0 Å². The Morgan fingerprint density at radius 2 is 1.73 bits per heavy atom. The maximum atomic E-state index is 6.07. The van der Waals surface area contributed by atoms with Gasteiger partial charge in [-0.3, -0.25) is 0 Å². The van der Waals surface area contributed by atoms with Crippen molar-refractivity contribution in [2.75, 3.05) is 6.61 Å². The third-order valence-electron chi connectivity index (χ3n) is 4.13. The molecule has 4 heteroatoms. The molecular weight excluding hydrogens is 280 g/mol. The minimum absolute atomic E-state index is 0.0277. The molecule has 0 aromatic rings. The normalized spacial score (nSPS) is 33.8. The monoisotopic (exact) mass is 312 g/mol. The standard InChI is InChI=1S/C18H32O4/c1-6-7-8-9-10-11-12-14-16(22-18(4,5)20-14)15-13-19-17(2,3)21-15/h10-11,14-16H,6-9,12-13H2,1-5H3/b11-10-/t14-,15+,16-/m0/s1. The van der Waals surface area contributed by atoms with Crippen LogP contribution in [0.2, 0.25) is 0 Å². The highest BCUT2D eigenvalue weighted by molar-refractivity contribution is 4.95. The average Bonchev–Trinajstić information content (AvgIpc) is 2.93. The van der Waals surface area contributed by atoms with E-state index in [2.05, 4.69) is 19.1 Å². The van der Waals surface area contributed by atoms with Gasteiger partial charge in [-0.05, 0) is 47.0 Å². The summed E-state index contributed by atoms with van der Waals surface area (Å²) in [5.74, 6) is -1.08. The smallest absolute Gasteiger partial charge is 0.163 e. The Kier molecular flexibility index (Phi) is 6.06. The first kappa shape index (κ1) is 17.9. The lowest BCUT2D eigenvalue weighted by atomic mass is 10.0. The largest absolute Gasteiger partial charge is 0.348 e. The fraction of sp³-hybridized carbons (Fsp3) is 0.889. The quantitative estimate of drug-likeness (QED) is 0.522. The van der Waals surface area contributed by atoms with Gasteiger partial charge >= 0.3 is 0 Å². The highest BCUT2D eigenvalue weighted by Gasteiger charge is 2.49. The summed E-state index contributed by atoms with van der Waals surface area (Å²) in [6.07, 6.45) is 10.2. The number of hydrogen-bond acceptors (Lipinski definition) is 4. The van der Waals surface area contributed by atoms with Crippen LogP contribution >= 0.6 is 0 Å². The molecule has 2 fully saturated rings. The van der Waals surface area contributed by atoms with Gasteiger partial charge in [-0.1, -0.05) is 31.9 Å². The van der Waals surface area contributed by atoms with E-state index in [1.807, 2.05) is 27.7 Å². The molecule has 128 valence electrons. The summed E-state index contributed by atoms with van der Waals surface area (Å²) in [7, 11) is 0. The van der Waals surface area contributed by atoms with Gasteiger partial charge < -0.3 is 18.9 Å². The maximum Gasteiger partial charge on any atom is 0.163 e. The molecule has 0 amide bonds. The van der Waals surface area contributed by atoms with Gasteiger partial charge in [0, 0.05) is 0 Å². The predicted molar refractivity (Wildman–Crippen MR) is 86.6 cm³/mol. The van der Waals surface area contributed by atoms with Crippen LogP contribution in [0.4, 0.5) is 0 Å². The first-order valence-electron chi connectivity index (χ1n) is 8.65. The van der Waals surface area contributed by atoms with E-state index in [0.717, 1.165) is 12.8 Å². The maximum absolute atomic E-state index is 6.07. The van der Waals surface area contributed by atoms with E-state index in [1.165, 1.54) is 19.3 Å². The Hall–Kier alpha value is -0.420. The van der Waals surface area contributed by atoms with Crippen molar-refractivity contribution in [3.8, 4) is 0 Å². The van der Waals surface area contributed by atoms with E-state index in [-0.39, 0.29) is 18.3 Å². The van der Waals surface area contributed by atoms with E-state index in [0.29, 0.717) is 6.61 Å². The molecule has 2 rings (SSSR count).